The van der Waals surface area contributed by atoms with E-state index in [0.29, 0.717) is 23.4 Å². The second kappa shape index (κ2) is 6.50. The van der Waals surface area contributed by atoms with Crippen LogP contribution < -0.4 is 0 Å². The first-order chi connectivity index (χ1) is 12.8. The van der Waals surface area contributed by atoms with Crippen LogP contribution in [0.2, 0.25) is 5.02 Å². The monoisotopic (exact) mass is 382 g/mol. The molecule has 2 aromatic rings. The van der Waals surface area contributed by atoms with Gasteiger partial charge in [0.05, 0.1) is 5.57 Å². The van der Waals surface area contributed by atoms with Crippen LogP contribution in [0.15, 0.2) is 42.2 Å². The number of aliphatic hydroxyl groups excluding tert-OH is 1. The van der Waals surface area contributed by atoms with Crippen molar-refractivity contribution >= 4 is 23.0 Å². The van der Waals surface area contributed by atoms with Gasteiger partial charge in [0.1, 0.15) is 17.5 Å². The minimum absolute atomic E-state index is 0.0703. The molecule has 2 heterocycles. The number of hydrogen-bond acceptors (Lipinski definition) is 3. The van der Waals surface area contributed by atoms with Crippen molar-refractivity contribution in [3.63, 3.8) is 0 Å². The quantitative estimate of drug-likeness (QED) is 0.744. The molecule has 1 fully saturated rings. The number of fused-ring (bicyclic) bond motifs is 2. The van der Waals surface area contributed by atoms with Gasteiger partial charge in [-0.1, -0.05) is 36.7 Å². The molecule has 4 heteroatoms. The van der Waals surface area contributed by atoms with Gasteiger partial charge in [0.2, 0.25) is 0 Å². The summed E-state index contributed by atoms with van der Waals surface area (Å²) in [4.78, 5) is 13.0. The van der Waals surface area contributed by atoms with Gasteiger partial charge in [-0.3, -0.25) is 4.79 Å². The van der Waals surface area contributed by atoms with Crippen LogP contribution in [0, 0.1) is 6.92 Å². The topological polar surface area (TPSA) is 46.5 Å². The van der Waals surface area contributed by atoms with Crippen molar-refractivity contribution in [3.8, 4) is 11.1 Å². The summed E-state index contributed by atoms with van der Waals surface area (Å²) < 4.78 is 5.81. The number of ketones is 1. The first kappa shape index (κ1) is 18.3. The van der Waals surface area contributed by atoms with Crippen LogP contribution in [0.5, 0.6) is 0 Å². The lowest BCUT2D eigenvalue weighted by molar-refractivity contribution is -0.130. The summed E-state index contributed by atoms with van der Waals surface area (Å²) in [5.74, 6) is -0.0388. The molecule has 0 spiro atoms. The summed E-state index contributed by atoms with van der Waals surface area (Å²) in [5, 5.41) is 11.6. The molecule has 0 aromatic heterocycles. The molecule has 0 unspecified atom stereocenters. The smallest absolute Gasteiger partial charge is 0.195 e. The molecule has 2 atom stereocenters. The van der Waals surface area contributed by atoms with E-state index in [1.165, 1.54) is 0 Å². The Balaban J connectivity index is 1.91. The number of rotatable bonds is 3. The van der Waals surface area contributed by atoms with E-state index in [1.807, 2.05) is 44.2 Å². The number of carbonyl (C=O) groups is 1. The van der Waals surface area contributed by atoms with Gasteiger partial charge in [0.15, 0.2) is 5.78 Å². The molecule has 0 saturated carbocycles. The third-order valence-electron chi connectivity index (χ3n) is 5.82. The van der Waals surface area contributed by atoms with Crippen molar-refractivity contribution in [2.24, 2.45) is 0 Å². The maximum atomic E-state index is 13.0. The lowest BCUT2D eigenvalue weighted by atomic mass is 9.86. The maximum absolute atomic E-state index is 13.0. The van der Waals surface area contributed by atoms with Crippen LogP contribution >= 0.6 is 11.6 Å². The number of hydrogen-bond donors (Lipinski definition) is 1. The van der Waals surface area contributed by atoms with Crippen molar-refractivity contribution in [1.29, 1.82) is 0 Å². The molecule has 0 amide bonds. The Bertz CT molecular complexity index is 976. The van der Waals surface area contributed by atoms with Crippen LogP contribution in [0.3, 0.4) is 0 Å². The van der Waals surface area contributed by atoms with Gasteiger partial charge in [-0.15, -0.1) is 0 Å². The number of aliphatic hydroxyl groups is 1. The van der Waals surface area contributed by atoms with Crippen molar-refractivity contribution in [2.75, 3.05) is 0 Å². The third-order valence-corrected chi connectivity index (χ3v) is 6.06. The lowest BCUT2D eigenvalue weighted by Crippen LogP contribution is -2.37. The Morgan fingerprint density at radius 3 is 2.70 bits per heavy atom. The van der Waals surface area contributed by atoms with E-state index in [9.17, 15) is 9.90 Å². The summed E-state index contributed by atoms with van der Waals surface area (Å²) in [6, 6.07) is 11.9. The highest BCUT2D eigenvalue weighted by Crippen LogP contribution is 2.45. The summed E-state index contributed by atoms with van der Waals surface area (Å²) >= 11 is 6.10. The van der Waals surface area contributed by atoms with Gasteiger partial charge < -0.3 is 9.84 Å². The van der Waals surface area contributed by atoms with Crippen molar-refractivity contribution in [1.82, 2.24) is 0 Å². The zero-order valence-corrected chi connectivity index (χ0v) is 16.6. The van der Waals surface area contributed by atoms with E-state index in [4.69, 9.17) is 16.3 Å². The van der Waals surface area contributed by atoms with Gasteiger partial charge in [0, 0.05) is 5.02 Å². The highest BCUT2D eigenvalue weighted by molar-refractivity contribution is 6.30. The molecule has 1 N–H and O–H groups in total. The highest BCUT2D eigenvalue weighted by Gasteiger charge is 2.50. The zero-order chi connectivity index (χ0) is 19.3. The Morgan fingerprint density at radius 1 is 1.22 bits per heavy atom. The molecular weight excluding hydrogens is 360 g/mol. The fraction of sp³-hybridized carbons (Fsp3) is 0.348. The number of aryl methyl sites for hydroxylation is 2. The van der Waals surface area contributed by atoms with E-state index >= 15 is 0 Å². The minimum atomic E-state index is -0.759. The largest absolute Gasteiger partial charge is 0.508 e. The predicted molar refractivity (Wildman–Crippen MR) is 108 cm³/mol. The van der Waals surface area contributed by atoms with E-state index in [2.05, 4.69) is 13.0 Å². The van der Waals surface area contributed by atoms with Crippen LogP contribution in [-0.4, -0.2) is 22.6 Å². The fourth-order valence-corrected chi connectivity index (χ4v) is 4.46. The normalized spacial score (nSPS) is 24.6. The molecule has 2 bridgehead atoms. The first-order valence-corrected chi connectivity index (χ1v) is 9.77. The Kier molecular flexibility index (Phi) is 4.40. The van der Waals surface area contributed by atoms with Crippen molar-refractivity contribution in [3.05, 3.63) is 63.9 Å². The number of halogens is 1. The Hall–Kier alpha value is -2.10. The molecule has 27 heavy (non-hydrogen) atoms. The van der Waals surface area contributed by atoms with E-state index in [1.54, 1.807) is 0 Å². The summed E-state index contributed by atoms with van der Waals surface area (Å²) in [5.41, 5.74) is 4.67. The number of Topliss-reactive ketones (excluding diaryl/α,β-unsaturated/α-hetero) is 1. The molecule has 2 aromatic carbocycles. The van der Waals surface area contributed by atoms with Gasteiger partial charge in [-0.25, -0.2) is 0 Å². The predicted octanol–water partition coefficient (Wildman–Crippen LogP) is 5.67. The lowest BCUT2D eigenvalue weighted by Gasteiger charge is -2.31. The maximum Gasteiger partial charge on any atom is 0.195 e. The molecule has 2 aliphatic heterocycles. The molecule has 2 aliphatic rings. The van der Waals surface area contributed by atoms with Crippen LogP contribution in [0.25, 0.3) is 16.7 Å². The number of ether oxygens (including phenoxy) is 1. The molecule has 1 saturated heterocycles. The summed E-state index contributed by atoms with van der Waals surface area (Å²) in [7, 11) is 0. The van der Waals surface area contributed by atoms with Gasteiger partial charge in [-0.05, 0) is 79.1 Å². The summed E-state index contributed by atoms with van der Waals surface area (Å²) in [6.45, 7) is 5.95. The fourth-order valence-electron chi connectivity index (χ4n) is 4.24. The highest BCUT2D eigenvalue weighted by atomic mass is 35.5. The average molecular weight is 383 g/mol. The second-order valence-corrected chi connectivity index (χ2v) is 8.09. The van der Waals surface area contributed by atoms with Crippen LogP contribution in [-0.2, 0) is 16.0 Å². The van der Waals surface area contributed by atoms with Gasteiger partial charge >= 0.3 is 0 Å². The average Bonchev–Trinajstić information content (AvgIpc) is 3.01. The molecule has 0 radical (unpaired) electrons. The SMILES string of the molecule is CCc1ccc(-c2ccc(Cl)cc2C)cc1C1=C(O)[C@@]2(C)CC[C@@H](O2)C1=O. The molecular formula is C23H23ClO3. The standard InChI is InChI=1S/C23H23ClO3/c1-4-14-5-6-15(17-8-7-16(24)11-13(17)2)12-18(14)20-21(25)19-9-10-23(3,27-19)22(20)26/h5-8,11-12,19,26H,4,9-10H2,1-3H3/t19-,23-/m1/s1. The van der Waals surface area contributed by atoms with E-state index in [0.717, 1.165) is 34.2 Å². The molecule has 140 valence electrons. The second-order valence-electron chi connectivity index (χ2n) is 7.65. The first-order valence-electron chi connectivity index (χ1n) is 9.39. The third kappa shape index (κ3) is 2.90. The van der Waals surface area contributed by atoms with Crippen molar-refractivity contribution in [2.45, 2.75) is 51.7 Å². The molecule has 4 rings (SSSR count). The number of carbonyl (C=O) groups excluding carboxylic acids is 1. The number of benzene rings is 2. The molecule has 3 nitrogen and oxygen atoms in total. The van der Waals surface area contributed by atoms with E-state index < -0.39 is 11.7 Å². The zero-order valence-electron chi connectivity index (χ0n) is 15.8. The summed E-state index contributed by atoms with van der Waals surface area (Å²) in [6.07, 6.45) is 1.64. The molecule has 0 aliphatic carbocycles. The Morgan fingerprint density at radius 2 is 2.00 bits per heavy atom. The van der Waals surface area contributed by atoms with Crippen LogP contribution in [0.4, 0.5) is 0 Å². The Labute approximate surface area is 164 Å². The van der Waals surface area contributed by atoms with Crippen LogP contribution in [0.1, 0.15) is 43.4 Å². The van der Waals surface area contributed by atoms with Crippen molar-refractivity contribution < 1.29 is 14.6 Å². The van der Waals surface area contributed by atoms with Gasteiger partial charge in [0.25, 0.3) is 0 Å². The van der Waals surface area contributed by atoms with E-state index in [-0.39, 0.29) is 11.5 Å². The minimum Gasteiger partial charge on any atom is -0.508 e. The van der Waals surface area contributed by atoms with Gasteiger partial charge in [-0.2, -0.15) is 0 Å².